The van der Waals surface area contributed by atoms with E-state index >= 15 is 0 Å². The Bertz CT molecular complexity index is 1340. The highest BCUT2D eigenvalue weighted by Crippen LogP contribution is 2.29. The van der Waals surface area contributed by atoms with Gasteiger partial charge in [-0.05, 0) is 53.2 Å². The molecular formula is C23H18BrFN4O3. The number of halogens is 2. The van der Waals surface area contributed by atoms with E-state index in [1.807, 2.05) is 6.07 Å². The molecule has 32 heavy (non-hydrogen) atoms. The molecule has 2 heterocycles. The SMILES string of the molecule is Cc1noc2nc(-c3ccccc3F)cc(C(=O)N(C)CC(=O)Nc3ccccc3Br)c12. The van der Waals surface area contributed by atoms with Gasteiger partial charge in [-0.25, -0.2) is 9.37 Å². The summed E-state index contributed by atoms with van der Waals surface area (Å²) < 4.78 is 20.3. The molecule has 9 heteroatoms. The third-order valence-corrected chi connectivity index (χ3v) is 5.56. The lowest BCUT2D eigenvalue weighted by Crippen LogP contribution is -2.35. The first-order valence-electron chi connectivity index (χ1n) is 9.67. The minimum atomic E-state index is -0.477. The first kappa shape index (κ1) is 21.6. The summed E-state index contributed by atoms with van der Waals surface area (Å²) >= 11 is 3.37. The molecule has 0 bridgehead atoms. The number of aromatic nitrogens is 2. The number of nitrogens with zero attached hydrogens (tertiary/aromatic N) is 3. The van der Waals surface area contributed by atoms with Crippen molar-refractivity contribution in [3.63, 3.8) is 0 Å². The second-order valence-corrected chi connectivity index (χ2v) is 8.03. The summed E-state index contributed by atoms with van der Waals surface area (Å²) in [7, 11) is 1.51. The Kier molecular flexibility index (Phi) is 6.00. The Hall–Kier alpha value is -3.59. The molecule has 0 radical (unpaired) electrons. The zero-order valence-corrected chi connectivity index (χ0v) is 18.8. The molecule has 0 saturated carbocycles. The summed E-state index contributed by atoms with van der Waals surface area (Å²) in [5.74, 6) is -1.28. The van der Waals surface area contributed by atoms with E-state index < -0.39 is 11.7 Å². The van der Waals surface area contributed by atoms with Crippen LogP contribution >= 0.6 is 15.9 Å². The lowest BCUT2D eigenvalue weighted by Gasteiger charge is -2.18. The third-order valence-electron chi connectivity index (χ3n) is 4.87. The first-order valence-corrected chi connectivity index (χ1v) is 10.5. The number of benzene rings is 2. The Morgan fingerprint density at radius 1 is 1.16 bits per heavy atom. The number of carbonyl (C=O) groups is 2. The number of para-hydroxylation sites is 1. The Morgan fingerprint density at radius 3 is 2.62 bits per heavy atom. The summed E-state index contributed by atoms with van der Waals surface area (Å²) in [6.45, 7) is 1.50. The van der Waals surface area contributed by atoms with Gasteiger partial charge in [-0.3, -0.25) is 9.59 Å². The minimum Gasteiger partial charge on any atom is -0.335 e. The molecule has 7 nitrogen and oxygen atoms in total. The van der Waals surface area contributed by atoms with Gasteiger partial charge in [0.05, 0.1) is 34.6 Å². The molecule has 1 N–H and O–H groups in total. The van der Waals surface area contributed by atoms with Crippen molar-refractivity contribution in [1.82, 2.24) is 15.0 Å². The van der Waals surface area contributed by atoms with Crippen LogP contribution in [0.1, 0.15) is 16.1 Å². The summed E-state index contributed by atoms with van der Waals surface area (Å²) in [5, 5.41) is 7.08. The number of pyridine rings is 1. The van der Waals surface area contributed by atoms with Crippen LogP contribution in [0.4, 0.5) is 10.1 Å². The molecule has 2 aromatic carbocycles. The fourth-order valence-corrected chi connectivity index (χ4v) is 3.70. The fourth-order valence-electron chi connectivity index (χ4n) is 3.32. The largest absolute Gasteiger partial charge is 0.335 e. The number of aryl methyl sites for hydroxylation is 1. The zero-order valence-electron chi connectivity index (χ0n) is 17.2. The summed E-state index contributed by atoms with van der Waals surface area (Å²) in [6.07, 6.45) is 0. The van der Waals surface area contributed by atoms with Crippen LogP contribution in [0.5, 0.6) is 0 Å². The van der Waals surface area contributed by atoms with E-state index in [1.54, 1.807) is 43.3 Å². The number of fused-ring (bicyclic) bond motifs is 1. The van der Waals surface area contributed by atoms with E-state index in [9.17, 15) is 14.0 Å². The Morgan fingerprint density at radius 2 is 1.88 bits per heavy atom. The molecule has 162 valence electrons. The minimum absolute atomic E-state index is 0.123. The zero-order chi connectivity index (χ0) is 22.8. The normalized spacial score (nSPS) is 10.9. The fraction of sp³-hybridized carbons (Fsp3) is 0.130. The van der Waals surface area contributed by atoms with Gasteiger partial charge in [-0.2, -0.15) is 0 Å². The van der Waals surface area contributed by atoms with E-state index in [0.29, 0.717) is 16.8 Å². The average molecular weight is 497 g/mol. The van der Waals surface area contributed by atoms with Crippen LogP contribution in [0.15, 0.2) is 63.6 Å². The predicted molar refractivity (Wildman–Crippen MR) is 122 cm³/mol. The number of likely N-dealkylation sites (N-methyl/N-ethyl adjacent to an activating group) is 1. The van der Waals surface area contributed by atoms with Crippen molar-refractivity contribution >= 4 is 44.5 Å². The molecule has 4 aromatic rings. The van der Waals surface area contributed by atoms with E-state index in [0.717, 1.165) is 4.47 Å². The van der Waals surface area contributed by atoms with E-state index in [-0.39, 0.29) is 35.0 Å². The molecule has 0 saturated heterocycles. The molecular weight excluding hydrogens is 479 g/mol. The second kappa shape index (κ2) is 8.88. The molecule has 0 aliphatic carbocycles. The predicted octanol–water partition coefficient (Wildman–Crippen LogP) is 4.81. The van der Waals surface area contributed by atoms with Crippen molar-refractivity contribution in [1.29, 1.82) is 0 Å². The van der Waals surface area contributed by atoms with E-state index in [4.69, 9.17) is 4.52 Å². The summed E-state index contributed by atoms with van der Waals surface area (Å²) in [4.78, 5) is 31.4. The van der Waals surface area contributed by atoms with Crippen molar-refractivity contribution in [2.75, 3.05) is 18.9 Å². The monoisotopic (exact) mass is 496 g/mol. The lowest BCUT2D eigenvalue weighted by molar-refractivity contribution is -0.116. The number of hydrogen-bond donors (Lipinski definition) is 1. The molecule has 4 rings (SSSR count). The Balaban J connectivity index is 1.65. The van der Waals surface area contributed by atoms with Crippen LogP contribution < -0.4 is 5.32 Å². The van der Waals surface area contributed by atoms with E-state index in [1.165, 1.54) is 24.1 Å². The highest BCUT2D eigenvalue weighted by molar-refractivity contribution is 9.10. The molecule has 0 aliphatic heterocycles. The van der Waals surface area contributed by atoms with Gasteiger partial charge in [0.2, 0.25) is 5.91 Å². The van der Waals surface area contributed by atoms with Crippen molar-refractivity contribution < 1.29 is 18.5 Å². The highest BCUT2D eigenvalue weighted by Gasteiger charge is 2.23. The molecule has 2 amide bonds. The maximum Gasteiger partial charge on any atom is 0.259 e. The molecule has 0 unspecified atom stereocenters. The smallest absolute Gasteiger partial charge is 0.259 e. The number of rotatable bonds is 5. The van der Waals surface area contributed by atoms with Crippen molar-refractivity contribution in [3.8, 4) is 11.3 Å². The van der Waals surface area contributed by atoms with Gasteiger partial charge in [0.25, 0.3) is 11.6 Å². The number of anilines is 1. The van der Waals surface area contributed by atoms with Crippen LogP contribution in [0, 0.1) is 12.7 Å². The quantitative estimate of drug-likeness (QED) is 0.428. The van der Waals surface area contributed by atoms with Crippen molar-refractivity contribution in [2.45, 2.75) is 6.92 Å². The van der Waals surface area contributed by atoms with Crippen molar-refractivity contribution in [3.05, 3.63) is 76.1 Å². The number of nitrogens with one attached hydrogen (secondary N) is 1. The highest BCUT2D eigenvalue weighted by atomic mass is 79.9. The van der Waals surface area contributed by atoms with E-state index in [2.05, 4.69) is 31.4 Å². The standard InChI is InChI=1S/C23H18BrFN4O3/c1-13-21-15(11-19(27-22(21)32-28-13)14-7-3-5-9-17(14)25)23(31)29(2)12-20(30)26-18-10-6-4-8-16(18)24/h3-11H,12H2,1-2H3,(H,26,30). The lowest BCUT2D eigenvalue weighted by atomic mass is 10.0. The maximum atomic E-state index is 14.3. The topological polar surface area (TPSA) is 88.3 Å². The Labute approximate surface area is 191 Å². The summed E-state index contributed by atoms with van der Waals surface area (Å²) in [5.41, 5.74) is 1.89. The van der Waals surface area contributed by atoms with Crippen LogP contribution in [-0.2, 0) is 4.79 Å². The second-order valence-electron chi connectivity index (χ2n) is 7.17. The van der Waals surface area contributed by atoms with Crippen molar-refractivity contribution in [2.24, 2.45) is 0 Å². The average Bonchev–Trinajstić information content (AvgIpc) is 3.15. The van der Waals surface area contributed by atoms with Gasteiger partial charge < -0.3 is 14.7 Å². The molecule has 0 fully saturated rings. The van der Waals surface area contributed by atoms with Crippen LogP contribution in [0.2, 0.25) is 0 Å². The summed E-state index contributed by atoms with van der Waals surface area (Å²) in [6, 6.07) is 14.8. The molecule has 0 aliphatic rings. The van der Waals surface area contributed by atoms with Crippen LogP contribution in [0.25, 0.3) is 22.4 Å². The van der Waals surface area contributed by atoms with Crippen LogP contribution in [-0.4, -0.2) is 40.4 Å². The van der Waals surface area contributed by atoms with Gasteiger partial charge in [-0.1, -0.05) is 29.4 Å². The molecule has 0 spiro atoms. The number of hydrogen-bond acceptors (Lipinski definition) is 5. The van der Waals surface area contributed by atoms with Gasteiger partial charge in [0.1, 0.15) is 5.82 Å². The van der Waals surface area contributed by atoms with Gasteiger partial charge >= 0.3 is 0 Å². The molecule has 2 aromatic heterocycles. The van der Waals surface area contributed by atoms with Crippen LogP contribution in [0.3, 0.4) is 0 Å². The van der Waals surface area contributed by atoms with Gasteiger partial charge in [0.15, 0.2) is 0 Å². The number of carbonyl (C=O) groups excluding carboxylic acids is 2. The van der Waals surface area contributed by atoms with Gasteiger partial charge in [0, 0.05) is 17.1 Å². The number of amides is 2. The third kappa shape index (κ3) is 4.24. The molecule has 0 atom stereocenters. The maximum absolute atomic E-state index is 14.3. The first-order chi connectivity index (χ1) is 15.3. The van der Waals surface area contributed by atoms with Gasteiger partial charge in [-0.15, -0.1) is 0 Å².